The fourth-order valence-electron chi connectivity index (χ4n) is 11.2. The van der Waals surface area contributed by atoms with Gasteiger partial charge in [0.2, 0.25) is 0 Å². The quantitative estimate of drug-likeness (QED) is 0.173. The molecule has 0 bridgehead atoms. The lowest BCUT2D eigenvalue weighted by atomic mass is 9.62. The number of rotatable bonds is 5. The van der Waals surface area contributed by atoms with Crippen molar-refractivity contribution in [3.8, 4) is 45.5 Å². The molecule has 13 rings (SSSR count). The van der Waals surface area contributed by atoms with Gasteiger partial charge in [0.15, 0.2) is 17.5 Å². The van der Waals surface area contributed by atoms with Crippen LogP contribution in [0.1, 0.15) is 51.7 Å². The second-order valence-electron chi connectivity index (χ2n) is 19.5. The van der Waals surface area contributed by atoms with Crippen LogP contribution < -0.4 is 0 Å². The second-order valence-corrected chi connectivity index (χ2v) is 19.5. The Kier molecular flexibility index (Phi) is 8.36. The Morgan fingerprint density at radius 3 is 1.74 bits per heavy atom. The smallest absolute Gasteiger partial charge is 0.164 e. The number of para-hydroxylation sites is 2. The molecule has 9 aromatic carbocycles. The molecule has 1 aliphatic carbocycles. The van der Waals surface area contributed by atoms with Crippen LogP contribution in [0.2, 0.25) is 0 Å². The van der Waals surface area contributed by atoms with Crippen LogP contribution in [-0.2, 0) is 10.8 Å². The fraction of sp³-hybridized carbons (Fsp3) is 0.131. The summed E-state index contributed by atoms with van der Waals surface area (Å²) >= 11 is 0. The summed E-state index contributed by atoms with van der Waals surface area (Å²) in [5.41, 5.74) is 12.9. The monoisotopic (exact) mass is 849 g/mol. The maximum Gasteiger partial charge on any atom is 0.164 e. The van der Waals surface area contributed by atoms with Gasteiger partial charge in [0.25, 0.3) is 0 Å². The lowest BCUT2D eigenvalue weighted by Crippen LogP contribution is -2.34. The van der Waals surface area contributed by atoms with Crippen molar-refractivity contribution in [2.24, 2.45) is 0 Å². The van der Waals surface area contributed by atoms with Crippen LogP contribution >= 0.6 is 0 Å². The molecule has 12 aromatic rings. The molecule has 0 fully saturated rings. The third-order valence-corrected chi connectivity index (χ3v) is 14.6. The van der Waals surface area contributed by atoms with E-state index < -0.39 is 0 Å². The van der Waals surface area contributed by atoms with E-state index >= 15 is 0 Å². The van der Waals surface area contributed by atoms with E-state index in [0.29, 0.717) is 17.5 Å². The van der Waals surface area contributed by atoms with E-state index in [4.69, 9.17) is 15.0 Å². The van der Waals surface area contributed by atoms with Gasteiger partial charge in [-0.3, -0.25) is 0 Å². The second kappa shape index (κ2) is 14.3. The predicted octanol–water partition coefficient (Wildman–Crippen LogP) is 15.7. The van der Waals surface area contributed by atoms with Crippen molar-refractivity contribution in [1.82, 2.24) is 24.1 Å². The van der Waals surface area contributed by atoms with Gasteiger partial charge >= 0.3 is 0 Å². The van der Waals surface area contributed by atoms with Crippen LogP contribution in [0, 0.1) is 0 Å². The first kappa shape index (κ1) is 38.6. The maximum atomic E-state index is 5.33. The Balaban J connectivity index is 1.02. The SMILES string of the molecule is CC1(C)CCC(C)(C)c2c1ccc1c3ccc4ccccc4c3n(-c3ccc4c(-c5nc(-c6ccccc6)nc(-c6cccc(-n7c8ccccc8c8ccccc87)c6)n5)cccc4c3)c21. The number of nitrogens with zero attached hydrogens (tertiary/aromatic N) is 5. The van der Waals surface area contributed by atoms with E-state index in [1.807, 2.05) is 18.2 Å². The molecule has 0 amide bonds. The van der Waals surface area contributed by atoms with E-state index in [1.165, 1.54) is 54.5 Å². The van der Waals surface area contributed by atoms with Crippen LogP contribution in [0.5, 0.6) is 0 Å². The first-order valence-corrected chi connectivity index (χ1v) is 23.2. The normalized spacial score (nSPS) is 14.5. The molecule has 0 spiro atoms. The average Bonchev–Trinajstić information content (AvgIpc) is 3.88. The highest BCUT2D eigenvalue weighted by Crippen LogP contribution is 2.51. The van der Waals surface area contributed by atoms with Gasteiger partial charge in [0, 0.05) is 55.0 Å². The van der Waals surface area contributed by atoms with Crippen LogP contribution in [0.25, 0.3) is 111 Å². The van der Waals surface area contributed by atoms with Crippen molar-refractivity contribution >= 4 is 65.2 Å². The topological polar surface area (TPSA) is 48.5 Å². The van der Waals surface area contributed by atoms with Gasteiger partial charge < -0.3 is 9.13 Å². The zero-order valence-corrected chi connectivity index (χ0v) is 37.5. The molecule has 0 aliphatic heterocycles. The first-order chi connectivity index (χ1) is 32.2. The summed E-state index contributed by atoms with van der Waals surface area (Å²) in [4.78, 5) is 15.7. The Hall–Kier alpha value is -7.89. The average molecular weight is 850 g/mol. The van der Waals surface area contributed by atoms with Crippen molar-refractivity contribution in [1.29, 1.82) is 0 Å². The highest BCUT2D eigenvalue weighted by molar-refractivity contribution is 6.20. The first-order valence-electron chi connectivity index (χ1n) is 23.2. The summed E-state index contributed by atoms with van der Waals surface area (Å²) in [5.74, 6) is 1.90. The number of aromatic nitrogens is 5. The standard InChI is InChI=1S/C61H47N5/c1-60(2)34-35-61(3,4)54-51(60)33-32-49-48-30-28-38-16-8-9-22-45(38)55(48)66(56(49)54)43-29-31-44-40(36-43)19-15-25-50(44)59-63-57(39-17-6-5-7-18-39)62-58(64-59)41-20-14-21-42(37-41)65-52-26-12-10-23-46(52)47-24-11-13-27-53(47)65/h5-33,36-37H,34-35H2,1-4H3. The zero-order valence-electron chi connectivity index (χ0n) is 37.5. The molecule has 66 heavy (non-hydrogen) atoms. The van der Waals surface area contributed by atoms with Gasteiger partial charge in [-0.05, 0) is 87.4 Å². The molecule has 3 heterocycles. The van der Waals surface area contributed by atoms with Crippen LogP contribution in [0.4, 0.5) is 0 Å². The molecule has 0 saturated heterocycles. The van der Waals surface area contributed by atoms with Crippen LogP contribution in [-0.4, -0.2) is 24.1 Å². The van der Waals surface area contributed by atoms with E-state index in [2.05, 4.69) is 207 Å². The number of benzene rings is 9. The maximum absolute atomic E-state index is 5.33. The minimum atomic E-state index is 0.00609. The molecule has 5 nitrogen and oxygen atoms in total. The van der Waals surface area contributed by atoms with Crippen molar-refractivity contribution in [3.63, 3.8) is 0 Å². The molecule has 5 heteroatoms. The Morgan fingerprint density at radius 2 is 0.955 bits per heavy atom. The Morgan fingerprint density at radius 1 is 0.379 bits per heavy atom. The van der Waals surface area contributed by atoms with Gasteiger partial charge in [-0.2, -0.15) is 0 Å². The summed E-state index contributed by atoms with van der Waals surface area (Å²) in [6.07, 6.45) is 2.30. The highest BCUT2D eigenvalue weighted by atomic mass is 15.0. The molecular formula is C61H47N5. The number of hydrogen-bond acceptors (Lipinski definition) is 3. The number of hydrogen-bond donors (Lipinski definition) is 0. The van der Waals surface area contributed by atoms with E-state index in [-0.39, 0.29) is 10.8 Å². The van der Waals surface area contributed by atoms with Crippen LogP contribution in [0.3, 0.4) is 0 Å². The molecule has 0 radical (unpaired) electrons. The number of fused-ring (bicyclic) bond motifs is 11. The summed E-state index contributed by atoms with van der Waals surface area (Å²) < 4.78 is 4.92. The van der Waals surface area contributed by atoms with Crippen molar-refractivity contribution in [2.75, 3.05) is 0 Å². The third-order valence-electron chi connectivity index (χ3n) is 14.6. The Bertz CT molecular complexity index is 3890. The van der Waals surface area contributed by atoms with Gasteiger partial charge in [-0.1, -0.05) is 179 Å². The lowest BCUT2D eigenvalue weighted by molar-refractivity contribution is 0.334. The largest absolute Gasteiger partial charge is 0.309 e. The zero-order chi connectivity index (χ0) is 44.3. The Labute approximate surface area is 383 Å². The van der Waals surface area contributed by atoms with Gasteiger partial charge in [-0.25, -0.2) is 15.0 Å². The van der Waals surface area contributed by atoms with Crippen LogP contribution in [0.15, 0.2) is 188 Å². The summed E-state index contributed by atoms with van der Waals surface area (Å²) in [6.45, 7) is 9.73. The van der Waals surface area contributed by atoms with E-state index in [1.54, 1.807) is 0 Å². The van der Waals surface area contributed by atoms with Gasteiger partial charge in [0.05, 0.1) is 22.1 Å². The summed E-state index contributed by atoms with van der Waals surface area (Å²) in [6, 6.07) is 67.9. The van der Waals surface area contributed by atoms with E-state index in [0.717, 1.165) is 62.7 Å². The molecule has 3 aromatic heterocycles. The minimum Gasteiger partial charge on any atom is -0.309 e. The van der Waals surface area contributed by atoms with Crippen molar-refractivity contribution in [2.45, 2.75) is 51.4 Å². The molecule has 0 saturated carbocycles. The van der Waals surface area contributed by atoms with Gasteiger partial charge in [0.1, 0.15) is 0 Å². The molecule has 316 valence electrons. The van der Waals surface area contributed by atoms with Gasteiger partial charge in [-0.15, -0.1) is 0 Å². The molecular weight excluding hydrogens is 803 g/mol. The molecule has 0 N–H and O–H groups in total. The molecule has 0 unspecified atom stereocenters. The minimum absolute atomic E-state index is 0.00609. The fourth-order valence-corrected chi connectivity index (χ4v) is 11.2. The summed E-state index contributed by atoms with van der Waals surface area (Å²) in [5, 5.41) is 9.76. The summed E-state index contributed by atoms with van der Waals surface area (Å²) in [7, 11) is 0. The molecule has 1 aliphatic rings. The third kappa shape index (κ3) is 5.82. The van der Waals surface area contributed by atoms with Crippen molar-refractivity contribution < 1.29 is 0 Å². The lowest BCUT2D eigenvalue weighted by Gasteiger charge is -2.42. The molecule has 0 atom stereocenters. The van der Waals surface area contributed by atoms with E-state index in [9.17, 15) is 0 Å². The van der Waals surface area contributed by atoms with Crippen molar-refractivity contribution in [3.05, 3.63) is 199 Å². The predicted molar refractivity (Wildman–Crippen MR) is 275 cm³/mol. The highest BCUT2D eigenvalue weighted by Gasteiger charge is 2.39.